The predicted molar refractivity (Wildman–Crippen MR) is 96.0 cm³/mol. The van der Waals surface area contributed by atoms with Gasteiger partial charge in [0.05, 0.1) is 0 Å². The Hall–Kier alpha value is -3.41. The highest BCUT2D eigenvalue weighted by Crippen LogP contribution is 2.26. The second kappa shape index (κ2) is 7.65. The van der Waals surface area contributed by atoms with Gasteiger partial charge in [-0.25, -0.2) is 4.79 Å². The summed E-state index contributed by atoms with van der Waals surface area (Å²) in [4.78, 5) is 35.4. The SMILES string of the molecule is O=C(O)C1=C(C(=O)NNC(=O)c2ccc(-c3ccccc3)cc2)CCC1. The van der Waals surface area contributed by atoms with Gasteiger partial charge in [0.15, 0.2) is 0 Å². The molecule has 0 radical (unpaired) electrons. The van der Waals surface area contributed by atoms with E-state index in [1.807, 2.05) is 42.5 Å². The Morgan fingerprint density at radius 3 is 1.96 bits per heavy atom. The Morgan fingerprint density at radius 1 is 0.731 bits per heavy atom. The monoisotopic (exact) mass is 350 g/mol. The summed E-state index contributed by atoms with van der Waals surface area (Å²) < 4.78 is 0. The van der Waals surface area contributed by atoms with Gasteiger partial charge in [-0.15, -0.1) is 0 Å². The fourth-order valence-corrected chi connectivity index (χ4v) is 2.94. The third-order valence-electron chi connectivity index (χ3n) is 4.29. The van der Waals surface area contributed by atoms with Crippen LogP contribution in [0.2, 0.25) is 0 Å². The number of rotatable bonds is 4. The molecule has 132 valence electrons. The van der Waals surface area contributed by atoms with Crippen molar-refractivity contribution in [3.05, 3.63) is 71.3 Å². The normalized spacial score (nSPS) is 13.4. The average Bonchev–Trinajstić information content (AvgIpc) is 3.17. The van der Waals surface area contributed by atoms with Gasteiger partial charge in [-0.3, -0.25) is 20.4 Å². The maximum atomic E-state index is 12.2. The van der Waals surface area contributed by atoms with E-state index in [0.717, 1.165) is 11.1 Å². The Balaban J connectivity index is 1.63. The summed E-state index contributed by atoms with van der Waals surface area (Å²) in [5.41, 5.74) is 7.37. The van der Waals surface area contributed by atoms with Crippen LogP contribution in [0.25, 0.3) is 11.1 Å². The first-order valence-corrected chi connectivity index (χ1v) is 8.28. The summed E-state index contributed by atoms with van der Waals surface area (Å²) in [5, 5.41) is 9.08. The molecular weight excluding hydrogens is 332 g/mol. The topological polar surface area (TPSA) is 95.5 Å². The number of benzene rings is 2. The van der Waals surface area contributed by atoms with Gasteiger partial charge in [0.1, 0.15) is 0 Å². The zero-order valence-electron chi connectivity index (χ0n) is 14.0. The molecule has 6 nitrogen and oxygen atoms in total. The minimum absolute atomic E-state index is 0.115. The minimum Gasteiger partial charge on any atom is -0.478 e. The molecule has 3 N–H and O–H groups in total. The van der Waals surface area contributed by atoms with Crippen LogP contribution < -0.4 is 10.9 Å². The fraction of sp³-hybridized carbons (Fsp3) is 0.150. The third-order valence-corrected chi connectivity index (χ3v) is 4.29. The van der Waals surface area contributed by atoms with E-state index < -0.39 is 17.8 Å². The molecule has 0 saturated heterocycles. The van der Waals surface area contributed by atoms with Crippen molar-refractivity contribution in [2.75, 3.05) is 0 Å². The lowest BCUT2D eigenvalue weighted by atomic mass is 10.0. The molecule has 0 fully saturated rings. The molecule has 1 aliphatic carbocycles. The number of hydrazine groups is 1. The number of carbonyl (C=O) groups excluding carboxylic acids is 2. The van der Waals surface area contributed by atoms with Gasteiger partial charge < -0.3 is 5.11 Å². The zero-order chi connectivity index (χ0) is 18.5. The van der Waals surface area contributed by atoms with Crippen molar-refractivity contribution in [3.8, 4) is 11.1 Å². The molecule has 0 saturated carbocycles. The van der Waals surface area contributed by atoms with E-state index >= 15 is 0 Å². The third kappa shape index (κ3) is 3.80. The van der Waals surface area contributed by atoms with Gasteiger partial charge in [0.2, 0.25) is 0 Å². The van der Waals surface area contributed by atoms with Gasteiger partial charge in [-0.1, -0.05) is 42.5 Å². The molecule has 26 heavy (non-hydrogen) atoms. The van der Waals surface area contributed by atoms with Gasteiger partial charge in [-0.05, 0) is 42.5 Å². The largest absolute Gasteiger partial charge is 0.478 e. The van der Waals surface area contributed by atoms with Crippen molar-refractivity contribution in [1.29, 1.82) is 0 Å². The van der Waals surface area contributed by atoms with Gasteiger partial charge in [0, 0.05) is 16.7 Å². The molecule has 2 aromatic carbocycles. The van der Waals surface area contributed by atoms with Crippen molar-refractivity contribution in [3.63, 3.8) is 0 Å². The lowest BCUT2D eigenvalue weighted by Crippen LogP contribution is -2.42. The van der Waals surface area contributed by atoms with Crippen LogP contribution >= 0.6 is 0 Å². The first kappa shape index (κ1) is 17.4. The first-order chi connectivity index (χ1) is 12.6. The second-order valence-corrected chi connectivity index (χ2v) is 5.97. The quantitative estimate of drug-likeness (QED) is 0.739. The summed E-state index contributed by atoms with van der Waals surface area (Å²) in [6.07, 6.45) is 1.39. The Labute approximate surface area is 150 Å². The van der Waals surface area contributed by atoms with Gasteiger partial charge in [0.25, 0.3) is 11.8 Å². The molecule has 0 heterocycles. The van der Waals surface area contributed by atoms with Gasteiger partial charge in [-0.2, -0.15) is 0 Å². The van der Waals surface area contributed by atoms with Crippen LogP contribution in [0.4, 0.5) is 0 Å². The molecule has 2 amide bonds. The van der Waals surface area contributed by atoms with Crippen molar-refractivity contribution >= 4 is 17.8 Å². The van der Waals surface area contributed by atoms with Crippen LogP contribution in [0.15, 0.2) is 65.7 Å². The Bertz CT molecular complexity index is 870. The van der Waals surface area contributed by atoms with Crippen LogP contribution in [0.5, 0.6) is 0 Å². The van der Waals surface area contributed by atoms with E-state index in [-0.39, 0.29) is 11.1 Å². The molecule has 2 aromatic rings. The summed E-state index contributed by atoms with van der Waals surface area (Å²) in [6.45, 7) is 0. The smallest absolute Gasteiger partial charge is 0.332 e. The maximum Gasteiger partial charge on any atom is 0.332 e. The lowest BCUT2D eigenvalue weighted by molar-refractivity contribution is -0.133. The van der Waals surface area contributed by atoms with E-state index in [2.05, 4.69) is 10.9 Å². The number of nitrogens with one attached hydrogen (secondary N) is 2. The first-order valence-electron chi connectivity index (χ1n) is 8.28. The number of carboxylic acid groups (broad SMARTS) is 1. The fourth-order valence-electron chi connectivity index (χ4n) is 2.94. The summed E-state index contributed by atoms with van der Waals surface area (Å²) in [7, 11) is 0. The van der Waals surface area contributed by atoms with E-state index in [9.17, 15) is 14.4 Å². The highest BCUT2D eigenvalue weighted by Gasteiger charge is 2.25. The molecule has 1 aliphatic rings. The van der Waals surface area contributed by atoms with E-state index in [4.69, 9.17) is 5.11 Å². The molecule has 0 bridgehead atoms. The number of carboxylic acids is 1. The molecule has 6 heteroatoms. The standard InChI is InChI=1S/C20H18N2O4/c23-18(21-22-19(24)16-7-4-8-17(16)20(25)26)15-11-9-14(10-12-15)13-5-2-1-3-6-13/h1-3,5-6,9-12H,4,7-8H2,(H,21,23)(H,22,24)(H,25,26). The van der Waals surface area contributed by atoms with Crippen molar-refractivity contribution in [2.45, 2.75) is 19.3 Å². The second-order valence-electron chi connectivity index (χ2n) is 5.97. The molecule has 0 aromatic heterocycles. The number of hydrogen-bond acceptors (Lipinski definition) is 3. The molecule has 0 aliphatic heterocycles. The summed E-state index contributed by atoms with van der Waals surface area (Å²) >= 11 is 0. The van der Waals surface area contributed by atoms with Crippen LogP contribution in [-0.4, -0.2) is 22.9 Å². The van der Waals surface area contributed by atoms with E-state index in [0.29, 0.717) is 24.8 Å². The van der Waals surface area contributed by atoms with Crippen molar-refractivity contribution < 1.29 is 19.5 Å². The van der Waals surface area contributed by atoms with Crippen molar-refractivity contribution in [2.24, 2.45) is 0 Å². The molecular formula is C20H18N2O4. The van der Waals surface area contributed by atoms with E-state index in [1.165, 1.54) is 0 Å². The van der Waals surface area contributed by atoms with Crippen LogP contribution in [-0.2, 0) is 9.59 Å². The van der Waals surface area contributed by atoms with Crippen molar-refractivity contribution in [1.82, 2.24) is 10.9 Å². The highest BCUT2D eigenvalue weighted by molar-refractivity contribution is 6.04. The minimum atomic E-state index is -1.09. The number of aliphatic carboxylic acids is 1. The Morgan fingerprint density at radius 2 is 1.31 bits per heavy atom. The van der Waals surface area contributed by atoms with Gasteiger partial charge >= 0.3 is 5.97 Å². The van der Waals surface area contributed by atoms with E-state index in [1.54, 1.807) is 12.1 Å². The number of hydrogen-bond donors (Lipinski definition) is 3. The maximum absolute atomic E-state index is 12.2. The van der Waals surface area contributed by atoms with Crippen LogP contribution in [0.3, 0.4) is 0 Å². The van der Waals surface area contributed by atoms with Crippen LogP contribution in [0.1, 0.15) is 29.6 Å². The number of amides is 2. The highest BCUT2D eigenvalue weighted by atomic mass is 16.4. The average molecular weight is 350 g/mol. The molecule has 0 spiro atoms. The predicted octanol–water partition coefficient (Wildman–Crippen LogP) is 2.68. The summed E-state index contributed by atoms with van der Waals surface area (Å²) in [6, 6.07) is 16.8. The zero-order valence-corrected chi connectivity index (χ0v) is 14.0. The Kier molecular flexibility index (Phi) is 5.12. The molecule has 3 rings (SSSR count). The molecule has 0 atom stereocenters. The lowest BCUT2D eigenvalue weighted by Gasteiger charge is -2.09. The summed E-state index contributed by atoms with van der Waals surface area (Å²) in [5.74, 6) is -2.13. The molecule has 0 unspecified atom stereocenters. The number of carbonyl (C=O) groups is 3. The van der Waals surface area contributed by atoms with Crippen LogP contribution in [0, 0.1) is 0 Å².